The minimum Gasteiger partial charge on any atom is -0.478 e. The number of nitrogens with one attached hydrogen (secondary N) is 1. The second-order valence-corrected chi connectivity index (χ2v) is 5.15. The summed E-state index contributed by atoms with van der Waals surface area (Å²) in [5, 5.41) is 12.4. The highest BCUT2D eigenvalue weighted by atomic mass is 16.4. The van der Waals surface area contributed by atoms with Gasteiger partial charge in [0.15, 0.2) is 0 Å². The van der Waals surface area contributed by atoms with Gasteiger partial charge in [-0.3, -0.25) is 0 Å². The molecule has 0 aliphatic heterocycles. The van der Waals surface area contributed by atoms with Crippen molar-refractivity contribution in [2.75, 3.05) is 0 Å². The van der Waals surface area contributed by atoms with Gasteiger partial charge >= 0.3 is 5.97 Å². The molecule has 2 N–H and O–H groups in total. The lowest BCUT2D eigenvalue weighted by Gasteiger charge is -2.20. The van der Waals surface area contributed by atoms with Crippen molar-refractivity contribution in [1.82, 2.24) is 5.32 Å². The van der Waals surface area contributed by atoms with Crippen LogP contribution in [0.5, 0.6) is 0 Å². The number of aromatic carboxylic acids is 1. The molecule has 0 radical (unpaired) electrons. The van der Waals surface area contributed by atoms with Gasteiger partial charge in [0.2, 0.25) is 0 Å². The number of carboxylic acids is 1. The van der Waals surface area contributed by atoms with Crippen LogP contribution in [0.25, 0.3) is 0 Å². The summed E-state index contributed by atoms with van der Waals surface area (Å²) in [7, 11) is 0. The normalized spacial score (nSPS) is 27.6. The van der Waals surface area contributed by atoms with Crippen molar-refractivity contribution < 1.29 is 14.3 Å². The lowest BCUT2D eigenvalue weighted by atomic mass is 9.93. The molecule has 3 unspecified atom stereocenters. The van der Waals surface area contributed by atoms with E-state index in [4.69, 9.17) is 9.52 Å². The maximum absolute atomic E-state index is 11.0. The Morgan fingerprint density at radius 2 is 2.33 bits per heavy atom. The monoisotopic (exact) mass is 251 g/mol. The van der Waals surface area contributed by atoms with E-state index in [0.29, 0.717) is 24.3 Å². The van der Waals surface area contributed by atoms with Gasteiger partial charge in [0.25, 0.3) is 0 Å². The number of carbonyl (C=O) groups is 1. The Balaban J connectivity index is 1.92. The van der Waals surface area contributed by atoms with Crippen LogP contribution in [0, 0.1) is 11.8 Å². The van der Waals surface area contributed by atoms with E-state index in [-0.39, 0.29) is 5.56 Å². The molecular formula is C14H21NO3. The van der Waals surface area contributed by atoms with Gasteiger partial charge in [-0.25, -0.2) is 4.79 Å². The Kier molecular flexibility index (Phi) is 4.07. The number of hydrogen-bond acceptors (Lipinski definition) is 3. The van der Waals surface area contributed by atoms with E-state index in [0.717, 1.165) is 5.92 Å². The third-order valence-corrected chi connectivity index (χ3v) is 4.25. The summed E-state index contributed by atoms with van der Waals surface area (Å²) in [6.45, 7) is 5.01. The van der Waals surface area contributed by atoms with E-state index in [1.165, 1.54) is 31.6 Å². The summed E-state index contributed by atoms with van der Waals surface area (Å²) in [5.41, 5.74) is 0.264. The second kappa shape index (κ2) is 5.57. The van der Waals surface area contributed by atoms with Gasteiger partial charge in [0, 0.05) is 6.04 Å². The molecule has 1 heterocycles. The Bertz CT molecular complexity index is 413. The fourth-order valence-electron chi connectivity index (χ4n) is 3.00. The molecule has 1 aliphatic rings. The molecule has 0 amide bonds. The van der Waals surface area contributed by atoms with Gasteiger partial charge in [0.1, 0.15) is 11.3 Å². The molecule has 1 aromatic rings. The summed E-state index contributed by atoms with van der Waals surface area (Å²) in [6.07, 6.45) is 5.09. The molecule has 0 bridgehead atoms. The standard InChI is InChI=1S/C14H21NO3/c1-3-10-4-5-12(9(10)2)15-8-13-11(14(16)17)6-7-18-13/h6-7,9-10,12,15H,3-5,8H2,1-2H3,(H,16,17). The highest BCUT2D eigenvalue weighted by molar-refractivity contribution is 5.88. The van der Waals surface area contributed by atoms with Crippen LogP contribution in [0.2, 0.25) is 0 Å². The van der Waals surface area contributed by atoms with E-state index in [1.54, 1.807) is 0 Å². The van der Waals surface area contributed by atoms with Crippen molar-refractivity contribution in [2.24, 2.45) is 11.8 Å². The first kappa shape index (κ1) is 13.1. The molecule has 2 rings (SSSR count). The van der Waals surface area contributed by atoms with Crippen LogP contribution in [-0.4, -0.2) is 17.1 Å². The van der Waals surface area contributed by atoms with Crippen molar-refractivity contribution in [3.05, 3.63) is 23.7 Å². The third-order valence-electron chi connectivity index (χ3n) is 4.25. The number of furan rings is 1. The maximum Gasteiger partial charge on any atom is 0.339 e. The lowest BCUT2D eigenvalue weighted by molar-refractivity contribution is 0.0694. The first-order valence-electron chi connectivity index (χ1n) is 6.66. The first-order valence-corrected chi connectivity index (χ1v) is 6.66. The topological polar surface area (TPSA) is 62.5 Å². The number of hydrogen-bond donors (Lipinski definition) is 2. The minimum atomic E-state index is -0.925. The van der Waals surface area contributed by atoms with Crippen molar-refractivity contribution in [3.63, 3.8) is 0 Å². The summed E-state index contributed by atoms with van der Waals surface area (Å²) in [4.78, 5) is 11.0. The number of carboxylic acid groups (broad SMARTS) is 1. The maximum atomic E-state index is 11.0. The summed E-state index contributed by atoms with van der Waals surface area (Å²) in [5.74, 6) is 1.04. The SMILES string of the molecule is CCC1CCC(NCc2occc2C(=O)O)C1C. The van der Waals surface area contributed by atoms with Crippen molar-refractivity contribution >= 4 is 5.97 Å². The van der Waals surface area contributed by atoms with E-state index < -0.39 is 5.97 Å². The van der Waals surface area contributed by atoms with Gasteiger partial charge in [-0.05, 0) is 30.7 Å². The molecule has 100 valence electrons. The van der Waals surface area contributed by atoms with Crippen LogP contribution in [0.4, 0.5) is 0 Å². The molecule has 0 aromatic carbocycles. The molecule has 4 nitrogen and oxygen atoms in total. The van der Waals surface area contributed by atoms with Gasteiger partial charge in [0.05, 0.1) is 12.8 Å². The average molecular weight is 251 g/mol. The minimum absolute atomic E-state index is 0.264. The third kappa shape index (κ3) is 2.58. The number of rotatable bonds is 5. The molecule has 1 aliphatic carbocycles. The zero-order chi connectivity index (χ0) is 13.1. The molecule has 1 fully saturated rings. The molecule has 3 atom stereocenters. The Morgan fingerprint density at radius 1 is 1.56 bits per heavy atom. The summed E-state index contributed by atoms with van der Waals surface area (Å²) in [6, 6.07) is 1.98. The largest absolute Gasteiger partial charge is 0.478 e. The van der Waals surface area contributed by atoms with Gasteiger partial charge in [-0.1, -0.05) is 20.3 Å². The zero-order valence-electron chi connectivity index (χ0n) is 11.0. The second-order valence-electron chi connectivity index (χ2n) is 5.15. The van der Waals surface area contributed by atoms with E-state index >= 15 is 0 Å². The average Bonchev–Trinajstić information content (AvgIpc) is 2.93. The lowest BCUT2D eigenvalue weighted by Crippen LogP contribution is -2.32. The quantitative estimate of drug-likeness (QED) is 0.844. The molecule has 0 spiro atoms. The molecule has 1 saturated carbocycles. The van der Waals surface area contributed by atoms with Crippen molar-refractivity contribution in [1.29, 1.82) is 0 Å². The Hall–Kier alpha value is -1.29. The van der Waals surface area contributed by atoms with E-state index in [9.17, 15) is 4.79 Å². The fraction of sp³-hybridized carbons (Fsp3) is 0.643. The zero-order valence-corrected chi connectivity index (χ0v) is 11.0. The van der Waals surface area contributed by atoms with Crippen LogP contribution in [0.1, 0.15) is 49.2 Å². The van der Waals surface area contributed by atoms with E-state index in [1.807, 2.05) is 0 Å². The summed E-state index contributed by atoms with van der Waals surface area (Å²) < 4.78 is 5.23. The van der Waals surface area contributed by atoms with Crippen LogP contribution >= 0.6 is 0 Å². The van der Waals surface area contributed by atoms with Crippen LogP contribution < -0.4 is 5.32 Å². The highest BCUT2D eigenvalue weighted by Gasteiger charge is 2.31. The van der Waals surface area contributed by atoms with E-state index in [2.05, 4.69) is 19.2 Å². The van der Waals surface area contributed by atoms with Gasteiger partial charge in [-0.2, -0.15) is 0 Å². The molecule has 0 saturated heterocycles. The van der Waals surface area contributed by atoms with Crippen LogP contribution in [0.15, 0.2) is 16.7 Å². The van der Waals surface area contributed by atoms with Crippen molar-refractivity contribution in [2.45, 2.75) is 45.7 Å². The molecule has 4 heteroatoms. The van der Waals surface area contributed by atoms with Crippen LogP contribution in [0.3, 0.4) is 0 Å². The Labute approximate surface area is 107 Å². The summed E-state index contributed by atoms with van der Waals surface area (Å²) >= 11 is 0. The Morgan fingerprint density at radius 3 is 2.94 bits per heavy atom. The fourth-order valence-corrected chi connectivity index (χ4v) is 3.00. The molecule has 1 aromatic heterocycles. The highest BCUT2D eigenvalue weighted by Crippen LogP contribution is 2.34. The van der Waals surface area contributed by atoms with Crippen LogP contribution in [-0.2, 0) is 6.54 Å². The predicted molar refractivity (Wildman–Crippen MR) is 68.5 cm³/mol. The van der Waals surface area contributed by atoms with Gasteiger partial charge in [-0.15, -0.1) is 0 Å². The predicted octanol–water partition coefficient (Wildman–Crippen LogP) is 2.89. The molecular weight excluding hydrogens is 230 g/mol. The first-order chi connectivity index (χ1) is 8.63. The smallest absolute Gasteiger partial charge is 0.339 e. The molecule has 18 heavy (non-hydrogen) atoms. The van der Waals surface area contributed by atoms with Gasteiger partial charge < -0.3 is 14.8 Å². The van der Waals surface area contributed by atoms with Crippen molar-refractivity contribution in [3.8, 4) is 0 Å².